The van der Waals surface area contributed by atoms with E-state index in [4.69, 9.17) is 4.74 Å². The summed E-state index contributed by atoms with van der Waals surface area (Å²) in [7, 11) is 0. The first-order chi connectivity index (χ1) is 20.2. The number of carboxylic acids is 1. The van der Waals surface area contributed by atoms with Gasteiger partial charge in [0.15, 0.2) is 0 Å². The van der Waals surface area contributed by atoms with Gasteiger partial charge in [-0.1, -0.05) is 29.8 Å². The number of carbonyl (C=O) groups is 4. The van der Waals surface area contributed by atoms with Crippen molar-refractivity contribution >= 4 is 35.3 Å². The van der Waals surface area contributed by atoms with E-state index in [-0.39, 0.29) is 18.0 Å². The van der Waals surface area contributed by atoms with Crippen LogP contribution >= 0.6 is 0 Å². The van der Waals surface area contributed by atoms with Crippen LogP contribution in [-0.2, 0) is 9.53 Å². The molecule has 4 rings (SSSR count). The Morgan fingerprint density at radius 2 is 1.64 bits per heavy atom. The van der Waals surface area contributed by atoms with Gasteiger partial charge >= 0.3 is 18.0 Å². The van der Waals surface area contributed by atoms with Crippen molar-refractivity contribution in [3.05, 3.63) is 59.2 Å². The lowest BCUT2D eigenvalue weighted by Crippen LogP contribution is -2.49. The molecule has 2 aromatic carbocycles. The van der Waals surface area contributed by atoms with Crippen LogP contribution in [0.2, 0.25) is 0 Å². The summed E-state index contributed by atoms with van der Waals surface area (Å²) in [5, 5.41) is 17.9. The molecule has 5 amide bonds. The molecule has 2 aliphatic heterocycles. The number of aryl methyl sites for hydroxylation is 1. The van der Waals surface area contributed by atoms with Gasteiger partial charge in [0.25, 0.3) is 5.91 Å². The number of amides is 5. The van der Waals surface area contributed by atoms with Crippen molar-refractivity contribution in [1.82, 2.24) is 20.4 Å². The van der Waals surface area contributed by atoms with Gasteiger partial charge in [0, 0.05) is 51.4 Å². The van der Waals surface area contributed by atoms with E-state index in [2.05, 4.69) is 20.9 Å². The summed E-state index contributed by atoms with van der Waals surface area (Å²) in [5.74, 6) is -1.48. The molecule has 4 N–H and O–H groups in total. The quantitative estimate of drug-likeness (QED) is 0.376. The summed E-state index contributed by atoms with van der Waals surface area (Å²) in [6.07, 6.45) is 0.469. The number of benzene rings is 2. The smallest absolute Gasteiger partial charge is 0.320 e. The fraction of sp³-hybridized carbons (Fsp3) is 0.467. The van der Waals surface area contributed by atoms with Crippen molar-refractivity contribution in [2.75, 3.05) is 69.2 Å². The van der Waals surface area contributed by atoms with Crippen molar-refractivity contribution in [3.63, 3.8) is 0 Å². The number of aliphatic carboxylic acids is 1. The van der Waals surface area contributed by atoms with Gasteiger partial charge in [0.2, 0.25) is 0 Å². The highest BCUT2D eigenvalue weighted by Gasteiger charge is 2.27. The highest BCUT2D eigenvalue weighted by Crippen LogP contribution is 2.29. The molecule has 2 aliphatic rings. The molecule has 0 radical (unpaired) electrons. The van der Waals surface area contributed by atoms with Gasteiger partial charge < -0.3 is 40.5 Å². The third-order valence-corrected chi connectivity index (χ3v) is 7.40. The predicted molar refractivity (Wildman–Crippen MR) is 159 cm³/mol. The minimum absolute atomic E-state index is 0.0114. The molecule has 12 nitrogen and oxygen atoms in total. The third kappa shape index (κ3) is 8.12. The zero-order valence-electron chi connectivity index (χ0n) is 24.2. The largest absolute Gasteiger partial charge is 0.481 e. The number of anilines is 2. The van der Waals surface area contributed by atoms with E-state index >= 15 is 0 Å². The molecule has 1 unspecified atom stereocenters. The zero-order valence-corrected chi connectivity index (χ0v) is 24.2. The molecule has 0 aliphatic carbocycles. The number of carboxylic acid groups (broad SMARTS) is 1. The molecule has 0 spiro atoms. The number of nitrogens with one attached hydrogen (secondary N) is 3. The molecule has 2 saturated heterocycles. The van der Waals surface area contributed by atoms with Gasteiger partial charge in [-0.3, -0.25) is 9.59 Å². The number of rotatable bonds is 8. The fourth-order valence-electron chi connectivity index (χ4n) is 5.15. The SMILES string of the molecule is CCNC(=O)Nc1cc(C(=O)NC(CC(=O)O)c2ccc(C)cc2)ccc1N1CCCN(C(=O)N2CCOCC2)CC1. The highest BCUT2D eigenvalue weighted by atomic mass is 16.5. The number of morpholine rings is 1. The molecule has 0 aromatic heterocycles. The Kier molecular flexibility index (Phi) is 10.6. The molecule has 2 fully saturated rings. The van der Waals surface area contributed by atoms with E-state index in [1.165, 1.54) is 0 Å². The van der Waals surface area contributed by atoms with Crippen molar-refractivity contribution in [1.29, 1.82) is 0 Å². The van der Waals surface area contributed by atoms with E-state index in [1.54, 1.807) is 30.3 Å². The number of hydrogen-bond donors (Lipinski definition) is 4. The van der Waals surface area contributed by atoms with Crippen LogP contribution in [0, 0.1) is 6.92 Å². The lowest BCUT2D eigenvalue weighted by atomic mass is 10.0. The van der Waals surface area contributed by atoms with Crippen LogP contribution in [0.5, 0.6) is 0 Å². The number of nitrogens with zero attached hydrogens (tertiary/aromatic N) is 3. The summed E-state index contributed by atoms with van der Waals surface area (Å²) in [6, 6.07) is 11.3. The van der Waals surface area contributed by atoms with Crippen LogP contribution in [0.25, 0.3) is 0 Å². The first-order valence-corrected chi connectivity index (χ1v) is 14.4. The van der Waals surface area contributed by atoms with Crippen LogP contribution in [0.3, 0.4) is 0 Å². The Bertz CT molecular complexity index is 1260. The number of urea groups is 2. The van der Waals surface area contributed by atoms with E-state index < -0.39 is 23.9 Å². The first kappa shape index (κ1) is 30.6. The Balaban J connectivity index is 1.53. The second-order valence-electron chi connectivity index (χ2n) is 10.5. The van der Waals surface area contributed by atoms with E-state index in [9.17, 15) is 24.3 Å². The molecule has 0 bridgehead atoms. The van der Waals surface area contributed by atoms with Crippen LogP contribution < -0.4 is 20.9 Å². The fourth-order valence-corrected chi connectivity index (χ4v) is 5.15. The summed E-state index contributed by atoms with van der Waals surface area (Å²) < 4.78 is 5.38. The van der Waals surface area contributed by atoms with Crippen molar-refractivity contribution in [3.8, 4) is 0 Å². The average molecular weight is 581 g/mol. The van der Waals surface area contributed by atoms with Gasteiger partial charge in [-0.25, -0.2) is 9.59 Å². The van der Waals surface area contributed by atoms with Gasteiger partial charge in [-0.05, 0) is 44.0 Å². The lowest BCUT2D eigenvalue weighted by molar-refractivity contribution is -0.137. The molecule has 42 heavy (non-hydrogen) atoms. The van der Waals surface area contributed by atoms with Crippen LogP contribution in [0.15, 0.2) is 42.5 Å². The Hall–Kier alpha value is -4.32. The van der Waals surface area contributed by atoms with Crippen molar-refractivity contribution < 1.29 is 29.0 Å². The summed E-state index contributed by atoms with van der Waals surface area (Å²) >= 11 is 0. The van der Waals surface area contributed by atoms with Crippen molar-refractivity contribution in [2.45, 2.75) is 32.7 Å². The van der Waals surface area contributed by atoms with Gasteiger partial charge in [-0.15, -0.1) is 0 Å². The highest BCUT2D eigenvalue weighted by molar-refractivity contribution is 6.00. The number of hydrogen-bond acceptors (Lipinski definition) is 6. The standard InChI is InChI=1S/C30H40N6O6/c1-3-31-29(40)33-25-19-23(28(39)32-24(20-27(37)38)22-7-5-21(2)6-8-22)9-10-26(25)34-11-4-12-35(14-13-34)30(41)36-15-17-42-18-16-36/h5-10,19,24H,3-4,11-18,20H2,1-2H3,(H,32,39)(H,37,38)(H2,31,33,40). The summed E-state index contributed by atoms with van der Waals surface area (Å²) in [5.41, 5.74) is 3.19. The van der Waals surface area contributed by atoms with Crippen LogP contribution in [-0.4, -0.2) is 97.9 Å². The maximum atomic E-state index is 13.3. The lowest BCUT2D eigenvalue weighted by Gasteiger charge is -2.32. The average Bonchev–Trinajstić information content (AvgIpc) is 3.23. The monoisotopic (exact) mass is 580 g/mol. The summed E-state index contributed by atoms with van der Waals surface area (Å²) in [4.78, 5) is 56.3. The normalized spacial score (nSPS) is 16.3. The van der Waals surface area contributed by atoms with Gasteiger partial charge in [-0.2, -0.15) is 0 Å². The second-order valence-corrected chi connectivity index (χ2v) is 10.5. The molecule has 1 atom stereocenters. The van der Waals surface area contributed by atoms with E-state index in [1.807, 2.05) is 35.8 Å². The van der Waals surface area contributed by atoms with Crippen molar-refractivity contribution in [2.24, 2.45) is 0 Å². The first-order valence-electron chi connectivity index (χ1n) is 14.4. The second kappa shape index (κ2) is 14.5. The molecule has 0 saturated carbocycles. The van der Waals surface area contributed by atoms with E-state index in [0.29, 0.717) is 70.3 Å². The minimum Gasteiger partial charge on any atom is -0.481 e. The number of carbonyl (C=O) groups excluding carboxylic acids is 3. The Morgan fingerprint density at radius 1 is 0.929 bits per heavy atom. The zero-order chi connectivity index (χ0) is 30.1. The van der Waals surface area contributed by atoms with Gasteiger partial charge in [0.05, 0.1) is 37.1 Å². The summed E-state index contributed by atoms with van der Waals surface area (Å²) in [6.45, 7) is 8.79. The van der Waals surface area contributed by atoms with Crippen LogP contribution in [0.1, 0.15) is 47.3 Å². The van der Waals surface area contributed by atoms with E-state index in [0.717, 1.165) is 17.7 Å². The topological polar surface area (TPSA) is 144 Å². The Morgan fingerprint density at radius 3 is 2.33 bits per heavy atom. The maximum Gasteiger partial charge on any atom is 0.320 e. The minimum atomic E-state index is -1.03. The molecule has 2 heterocycles. The maximum absolute atomic E-state index is 13.3. The molecular weight excluding hydrogens is 540 g/mol. The molecule has 12 heteroatoms. The Labute approximate surface area is 246 Å². The van der Waals surface area contributed by atoms with Gasteiger partial charge in [0.1, 0.15) is 0 Å². The number of ether oxygens (including phenoxy) is 1. The third-order valence-electron chi connectivity index (χ3n) is 7.40. The predicted octanol–water partition coefficient (Wildman–Crippen LogP) is 3.05. The molecular formula is C30H40N6O6. The molecule has 2 aromatic rings. The van der Waals surface area contributed by atoms with Crippen LogP contribution in [0.4, 0.5) is 21.0 Å². The molecule has 226 valence electrons.